The first-order valence-corrected chi connectivity index (χ1v) is 10.3. The maximum absolute atomic E-state index is 13.5. The number of ether oxygens (including phenoxy) is 2. The molecular formula is C25H26FNO4. The van der Waals surface area contributed by atoms with E-state index < -0.39 is 5.92 Å². The lowest BCUT2D eigenvalue weighted by atomic mass is 9.69. The van der Waals surface area contributed by atoms with Gasteiger partial charge in [-0.2, -0.15) is 0 Å². The number of carbonyl (C=O) groups is 2. The third kappa shape index (κ3) is 3.71. The minimum absolute atomic E-state index is 0.0285. The zero-order valence-electron chi connectivity index (χ0n) is 18.2. The number of methoxy groups -OCH3 is 2. The molecule has 1 aliphatic heterocycles. The van der Waals surface area contributed by atoms with Gasteiger partial charge in [-0.1, -0.05) is 26.0 Å². The molecule has 0 spiro atoms. The molecule has 2 aromatic rings. The number of allylic oxidation sites excluding steroid dienone is 2. The number of halogens is 1. The van der Waals surface area contributed by atoms with Crippen LogP contribution < -0.4 is 14.4 Å². The van der Waals surface area contributed by atoms with Crippen LogP contribution in [0.1, 0.15) is 44.6 Å². The van der Waals surface area contributed by atoms with Gasteiger partial charge in [0.15, 0.2) is 17.3 Å². The summed E-state index contributed by atoms with van der Waals surface area (Å²) in [5.41, 5.74) is 2.37. The molecule has 162 valence electrons. The molecule has 0 saturated carbocycles. The normalized spacial score (nSPS) is 20.5. The van der Waals surface area contributed by atoms with Gasteiger partial charge in [0.2, 0.25) is 5.91 Å². The van der Waals surface area contributed by atoms with E-state index in [2.05, 4.69) is 0 Å². The van der Waals surface area contributed by atoms with E-state index in [0.717, 1.165) is 5.56 Å². The number of hydrogen-bond donors (Lipinski definition) is 0. The van der Waals surface area contributed by atoms with Crippen molar-refractivity contribution in [3.05, 3.63) is 65.1 Å². The number of para-hydroxylation sites is 1. The molecule has 0 bridgehead atoms. The Hall–Kier alpha value is -3.15. The second-order valence-corrected chi connectivity index (χ2v) is 8.85. The van der Waals surface area contributed by atoms with Crippen LogP contribution in [0, 0.1) is 11.2 Å². The van der Waals surface area contributed by atoms with E-state index >= 15 is 0 Å². The minimum atomic E-state index is -0.423. The third-order valence-corrected chi connectivity index (χ3v) is 6.04. The summed E-state index contributed by atoms with van der Waals surface area (Å²) in [6, 6.07) is 11.3. The van der Waals surface area contributed by atoms with Crippen LogP contribution in [-0.4, -0.2) is 25.9 Å². The lowest BCUT2D eigenvalue weighted by molar-refractivity contribution is -0.121. The number of rotatable bonds is 4. The predicted molar refractivity (Wildman–Crippen MR) is 116 cm³/mol. The Bertz CT molecular complexity index is 1070. The van der Waals surface area contributed by atoms with Crippen molar-refractivity contribution in [3.63, 3.8) is 0 Å². The molecule has 0 unspecified atom stereocenters. The maximum atomic E-state index is 13.5. The Morgan fingerprint density at radius 1 is 1.00 bits per heavy atom. The van der Waals surface area contributed by atoms with E-state index in [4.69, 9.17) is 9.47 Å². The molecule has 0 N–H and O–H groups in total. The molecule has 31 heavy (non-hydrogen) atoms. The van der Waals surface area contributed by atoms with Crippen LogP contribution >= 0.6 is 0 Å². The van der Waals surface area contributed by atoms with Crippen LogP contribution in [0.2, 0.25) is 0 Å². The van der Waals surface area contributed by atoms with Crippen LogP contribution in [0.25, 0.3) is 0 Å². The van der Waals surface area contributed by atoms with E-state index in [-0.39, 0.29) is 29.3 Å². The molecule has 0 radical (unpaired) electrons. The van der Waals surface area contributed by atoms with Gasteiger partial charge in [-0.3, -0.25) is 14.5 Å². The summed E-state index contributed by atoms with van der Waals surface area (Å²) in [5, 5.41) is 0. The summed E-state index contributed by atoms with van der Waals surface area (Å²) >= 11 is 0. The second kappa shape index (κ2) is 7.84. The summed E-state index contributed by atoms with van der Waals surface area (Å²) in [5.74, 6) is 0.183. The molecule has 1 heterocycles. The predicted octanol–water partition coefficient (Wildman–Crippen LogP) is 5.01. The molecule has 1 amide bonds. The largest absolute Gasteiger partial charge is 0.493 e. The summed E-state index contributed by atoms with van der Waals surface area (Å²) in [7, 11) is 3.11. The van der Waals surface area contributed by atoms with Crippen molar-refractivity contribution < 1.29 is 23.5 Å². The number of Topliss-reactive ketones (excluding diaryl/α,β-unsaturated/α-hetero) is 1. The van der Waals surface area contributed by atoms with Crippen LogP contribution in [0.15, 0.2) is 53.7 Å². The fourth-order valence-corrected chi connectivity index (χ4v) is 4.76. The molecule has 2 aliphatic rings. The van der Waals surface area contributed by atoms with E-state index in [1.165, 1.54) is 12.1 Å². The first kappa shape index (κ1) is 21.1. The van der Waals surface area contributed by atoms with Crippen molar-refractivity contribution in [2.75, 3.05) is 19.1 Å². The van der Waals surface area contributed by atoms with Crippen LogP contribution in [0.5, 0.6) is 11.5 Å². The highest BCUT2D eigenvalue weighted by atomic mass is 19.1. The van der Waals surface area contributed by atoms with Gasteiger partial charge < -0.3 is 9.47 Å². The molecule has 6 heteroatoms. The molecule has 0 saturated heterocycles. The monoisotopic (exact) mass is 423 g/mol. The zero-order chi connectivity index (χ0) is 22.3. The van der Waals surface area contributed by atoms with E-state index in [1.54, 1.807) is 37.3 Å². The number of amides is 1. The molecule has 0 aromatic heterocycles. The Kier molecular flexibility index (Phi) is 5.33. The summed E-state index contributed by atoms with van der Waals surface area (Å²) in [6.45, 7) is 4.05. The molecule has 0 fully saturated rings. The number of nitrogens with zero attached hydrogens (tertiary/aromatic N) is 1. The number of benzene rings is 2. The Labute approximate surface area is 181 Å². The fraction of sp³-hybridized carbons (Fsp3) is 0.360. The highest BCUT2D eigenvalue weighted by Gasteiger charge is 2.45. The number of anilines is 1. The van der Waals surface area contributed by atoms with Gasteiger partial charge in [-0.25, -0.2) is 4.39 Å². The Balaban J connectivity index is 1.93. The average molecular weight is 423 g/mol. The number of hydrogen-bond acceptors (Lipinski definition) is 4. The van der Waals surface area contributed by atoms with Crippen molar-refractivity contribution >= 4 is 17.4 Å². The van der Waals surface area contributed by atoms with Crippen molar-refractivity contribution in [2.45, 2.75) is 39.0 Å². The molecule has 4 rings (SSSR count). The molecule has 1 aliphatic carbocycles. The molecule has 1 atom stereocenters. The van der Waals surface area contributed by atoms with E-state index in [9.17, 15) is 14.0 Å². The van der Waals surface area contributed by atoms with Gasteiger partial charge in [0.1, 0.15) is 5.82 Å². The molecular weight excluding hydrogens is 397 g/mol. The van der Waals surface area contributed by atoms with Gasteiger partial charge in [0.25, 0.3) is 0 Å². The zero-order valence-corrected chi connectivity index (χ0v) is 18.2. The first-order valence-electron chi connectivity index (χ1n) is 10.3. The SMILES string of the molecule is COc1cccc([C@@H]2CC(=O)N(c3ccc(F)cc3)C3=C2C(=O)CC(C)(C)C3)c1OC. The molecule has 5 nitrogen and oxygen atoms in total. The molecule has 2 aromatic carbocycles. The van der Waals surface area contributed by atoms with Gasteiger partial charge in [0, 0.05) is 41.3 Å². The fourth-order valence-electron chi connectivity index (χ4n) is 4.76. The average Bonchev–Trinajstić information content (AvgIpc) is 2.72. The minimum Gasteiger partial charge on any atom is -0.493 e. The van der Waals surface area contributed by atoms with Crippen LogP contribution in [0.4, 0.5) is 10.1 Å². The number of carbonyl (C=O) groups excluding carboxylic acids is 2. The number of ketones is 1. The van der Waals surface area contributed by atoms with Gasteiger partial charge >= 0.3 is 0 Å². The Morgan fingerprint density at radius 3 is 2.35 bits per heavy atom. The Morgan fingerprint density at radius 2 is 1.71 bits per heavy atom. The van der Waals surface area contributed by atoms with Crippen molar-refractivity contribution in [1.29, 1.82) is 0 Å². The van der Waals surface area contributed by atoms with Gasteiger partial charge in [0.05, 0.1) is 14.2 Å². The van der Waals surface area contributed by atoms with Crippen molar-refractivity contribution in [2.24, 2.45) is 5.41 Å². The summed E-state index contributed by atoms with van der Waals surface area (Å²) < 4.78 is 24.6. The lowest BCUT2D eigenvalue weighted by Crippen LogP contribution is -2.43. The van der Waals surface area contributed by atoms with Crippen molar-refractivity contribution in [3.8, 4) is 11.5 Å². The van der Waals surface area contributed by atoms with Crippen molar-refractivity contribution in [1.82, 2.24) is 0 Å². The second-order valence-electron chi connectivity index (χ2n) is 8.85. The van der Waals surface area contributed by atoms with E-state index in [1.807, 2.05) is 26.0 Å². The lowest BCUT2D eigenvalue weighted by Gasteiger charge is -2.43. The highest BCUT2D eigenvalue weighted by molar-refractivity contribution is 6.08. The highest BCUT2D eigenvalue weighted by Crippen LogP contribution is 2.50. The summed E-state index contributed by atoms with van der Waals surface area (Å²) in [6.07, 6.45) is 1.09. The maximum Gasteiger partial charge on any atom is 0.232 e. The van der Waals surface area contributed by atoms with Gasteiger partial charge in [-0.15, -0.1) is 0 Å². The third-order valence-electron chi connectivity index (χ3n) is 6.04. The topological polar surface area (TPSA) is 55.8 Å². The van der Waals surface area contributed by atoms with Crippen LogP contribution in [-0.2, 0) is 9.59 Å². The van der Waals surface area contributed by atoms with E-state index in [0.29, 0.717) is 41.3 Å². The first-order chi connectivity index (χ1) is 14.8. The standard InChI is InChI=1S/C25H26FNO4/c1-25(2)13-19-23(20(28)14-25)18(17-6-5-7-21(30-3)24(17)31-4)12-22(29)27(19)16-10-8-15(26)9-11-16/h5-11,18H,12-14H2,1-4H3/t18-/m0/s1. The quantitative estimate of drug-likeness (QED) is 0.694. The smallest absolute Gasteiger partial charge is 0.232 e. The van der Waals surface area contributed by atoms with Gasteiger partial charge in [-0.05, 0) is 42.2 Å². The summed E-state index contributed by atoms with van der Waals surface area (Å²) in [4.78, 5) is 28.4. The van der Waals surface area contributed by atoms with Crippen LogP contribution in [0.3, 0.4) is 0 Å².